The zero-order chi connectivity index (χ0) is 26.2. The molecule has 11 heteroatoms. The first-order chi connectivity index (χ1) is 17.1. The summed E-state index contributed by atoms with van der Waals surface area (Å²) in [6.07, 6.45) is -2.21. The third-order valence-corrected chi connectivity index (χ3v) is 8.67. The number of likely N-dealkylation sites (tertiary alicyclic amines) is 1. The number of rotatable bonds is 9. The van der Waals surface area contributed by atoms with E-state index in [-0.39, 0.29) is 18.6 Å². The van der Waals surface area contributed by atoms with Crippen molar-refractivity contribution in [2.24, 2.45) is 5.41 Å². The average Bonchev–Trinajstić information content (AvgIpc) is 3.46. The van der Waals surface area contributed by atoms with Gasteiger partial charge in [-0.15, -0.1) is 10.2 Å². The van der Waals surface area contributed by atoms with E-state index in [1.54, 1.807) is 25.4 Å². The van der Waals surface area contributed by atoms with E-state index in [1.165, 1.54) is 4.90 Å². The lowest BCUT2D eigenvalue weighted by atomic mass is 9.72. The van der Waals surface area contributed by atoms with E-state index in [0.29, 0.717) is 37.1 Å². The van der Waals surface area contributed by atoms with Crippen molar-refractivity contribution in [2.45, 2.75) is 57.8 Å². The van der Waals surface area contributed by atoms with Gasteiger partial charge >= 0.3 is 0 Å². The van der Waals surface area contributed by atoms with Gasteiger partial charge in [-0.05, 0) is 24.6 Å². The van der Waals surface area contributed by atoms with E-state index >= 15 is 0 Å². The Hall–Kier alpha value is -2.47. The van der Waals surface area contributed by atoms with Gasteiger partial charge in [0.2, 0.25) is 5.13 Å². The van der Waals surface area contributed by atoms with Crippen LogP contribution in [-0.4, -0.2) is 94.5 Å². The van der Waals surface area contributed by atoms with Crippen LogP contribution < -0.4 is 14.4 Å². The molecule has 2 fully saturated rings. The summed E-state index contributed by atoms with van der Waals surface area (Å²) in [6.45, 7) is 9.17. The van der Waals surface area contributed by atoms with E-state index in [4.69, 9.17) is 9.47 Å². The van der Waals surface area contributed by atoms with Gasteiger partial charge in [0, 0.05) is 30.3 Å². The molecule has 2 aromatic rings. The minimum absolute atomic E-state index is 0.0370. The molecule has 1 amide bonds. The van der Waals surface area contributed by atoms with Crippen molar-refractivity contribution in [1.29, 1.82) is 0 Å². The van der Waals surface area contributed by atoms with Gasteiger partial charge in [0.1, 0.15) is 11.1 Å². The van der Waals surface area contributed by atoms with E-state index in [2.05, 4.69) is 28.9 Å². The smallest absolute Gasteiger partial charge is 0.253 e. The van der Waals surface area contributed by atoms with Crippen LogP contribution >= 0.6 is 11.3 Å². The first-order valence-corrected chi connectivity index (χ1v) is 13.1. The summed E-state index contributed by atoms with van der Waals surface area (Å²) in [6, 6.07) is 5.69. The maximum atomic E-state index is 12.6. The van der Waals surface area contributed by atoms with Gasteiger partial charge in [0.15, 0.2) is 17.6 Å². The molecule has 2 saturated heterocycles. The number of hydrogen-bond donors (Lipinski definition) is 3. The number of nitrogens with zero attached hydrogens (tertiary/aromatic N) is 4. The minimum atomic E-state index is -1.47. The zero-order valence-corrected chi connectivity index (χ0v) is 22.2. The van der Waals surface area contributed by atoms with Gasteiger partial charge in [-0.3, -0.25) is 4.79 Å². The van der Waals surface area contributed by atoms with Crippen LogP contribution in [0.25, 0.3) is 0 Å². The molecule has 1 aromatic carbocycles. The molecule has 4 atom stereocenters. The summed E-state index contributed by atoms with van der Waals surface area (Å²) in [5.74, 6) is 0.819. The normalized spacial score (nSPS) is 24.1. The van der Waals surface area contributed by atoms with Crippen LogP contribution in [-0.2, 0) is 4.79 Å². The minimum Gasteiger partial charge on any atom is -0.493 e. The molecular formula is C25H36N4O6S. The summed E-state index contributed by atoms with van der Waals surface area (Å²) < 4.78 is 11.9. The molecule has 4 rings (SSSR count). The van der Waals surface area contributed by atoms with Gasteiger partial charge < -0.3 is 34.6 Å². The van der Waals surface area contributed by atoms with Gasteiger partial charge in [-0.2, -0.15) is 0 Å². The quantitative estimate of drug-likeness (QED) is 0.452. The Kier molecular flexibility index (Phi) is 7.75. The summed E-state index contributed by atoms with van der Waals surface area (Å²) >= 11 is 1.60. The van der Waals surface area contributed by atoms with Crippen molar-refractivity contribution in [3.05, 3.63) is 28.8 Å². The molecule has 36 heavy (non-hydrogen) atoms. The van der Waals surface area contributed by atoms with Gasteiger partial charge in [-0.25, -0.2) is 0 Å². The third kappa shape index (κ3) is 5.02. The number of aliphatic hydroxyl groups excluding tert-OH is 3. The molecule has 3 N–H and O–H groups in total. The number of aromatic nitrogens is 2. The number of amides is 1. The lowest BCUT2D eigenvalue weighted by Gasteiger charge is -2.39. The van der Waals surface area contributed by atoms with Crippen LogP contribution in [0.4, 0.5) is 5.13 Å². The second-order valence-electron chi connectivity index (χ2n) is 10.3. The maximum Gasteiger partial charge on any atom is 0.253 e. The Morgan fingerprint density at radius 3 is 2.50 bits per heavy atom. The fourth-order valence-electron chi connectivity index (χ4n) is 4.82. The highest BCUT2D eigenvalue weighted by atomic mass is 32.1. The Labute approximate surface area is 215 Å². The van der Waals surface area contributed by atoms with Crippen LogP contribution in [0, 0.1) is 5.41 Å². The summed E-state index contributed by atoms with van der Waals surface area (Å²) in [7, 11) is 1.59. The van der Waals surface area contributed by atoms with Gasteiger partial charge in [0.25, 0.3) is 5.91 Å². The molecule has 0 spiro atoms. The Bertz CT molecular complexity index is 1070. The molecule has 1 unspecified atom stereocenters. The predicted octanol–water partition coefficient (Wildman–Crippen LogP) is 1.60. The molecule has 2 aliphatic rings. The second-order valence-corrected chi connectivity index (χ2v) is 11.3. The Balaban J connectivity index is 1.51. The van der Waals surface area contributed by atoms with Gasteiger partial charge in [-0.1, -0.05) is 38.2 Å². The first kappa shape index (κ1) is 26.6. The van der Waals surface area contributed by atoms with E-state index < -0.39 is 30.1 Å². The topological polar surface area (TPSA) is 128 Å². The molecular weight excluding hydrogens is 484 g/mol. The molecule has 0 saturated carbocycles. The Morgan fingerprint density at radius 2 is 1.92 bits per heavy atom. The fraction of sp³-hybridized carbons (Fsp3) is 0.640. The van der Waals surface area contributed by atoms with Crippen molar-refractivity contribution in [3.8, 4) is 11.5 Å². The predicted molar refractivity (Wildman–Crippen MR) is 136 cm³/mol. The molecule has 2 aliphatic heterocycles. The highest BCUT2D eigenvalue weighted by Gasteiger charge is 2.49. The number of aliphatic hydroxyl groups is 3. The number of ether oxygens (including phenoxy) is 2. The number of carbonyl (C=O) groups is 1. The van der Waals surface area contributed by atoms with E-state index in [9.17, 15) is 20.1 Å². The summed E-state index contributed by atoms with van der Waals surface area (Å²) in [5.41, 5.74) is 0.264. The van der Waals surface area contributed by atoms with Crippen molar-refractivity contribution >= 4 is 22.4 Å². The number of methoxy groups -OCH3 is 1. The third-order valence-electron chi connectivity index (χ3n) is 7.38. The molecule has 1 aromatic heterocycles. The van der Waals surface area contributed by atoms with Crippen molar-refractivity contribution in [2.75, 3.05) is 44.8 Å². The maximum absolute atomic E-state index is 12.6. The zero-order valence-electron chi connectivity index (χ0n) is 21.4. The van der Waals surface area contributed by atoms with Crippen LogP contribution in [0.3, 0.4) is 0 Å². The number of hydrogen-bond acceptors (Lipinski definition) is 10. The number of anilines is 1. The molecule has 0 bridgehead atoms. The monoisotopic (exact) mass is 520 g/mol. The van der Waals surface area contributed by atoms with Crippen molar-refractivity contribution in [1.82, 2.24) is 15.1 Å². The average molecular weight is 521 g/mol. The number of carbonyl (C=O) groups excluding carboxylic acids is 1. The van der Waals surface area contributed by atoms with Crippen molar-refractivity contribution in [3.63, 3.8) is 0 Å². The van der Waals surface area contributed by atoms with Crippen LogP contribution in [0.5, 0.6) is 11.5 Å². The molecule has 3 heterocycles. The highest BCUT2D eigenvalue weighted by Crippen LogP contribution is 2.47. The molecule has 0 aliphatic carbocycles. The van der Waals surface area contributed by atoms with Crippen LogP contribution in [0.1, 0.15) is 50.1 Å². The van der Waals surface area contributed by atoms with E-state index in [1.807, 2.05) is 25.1 Å². The van der Waals surface area contributed by atoms with Gasteiger partial charge in [0.05, 0.1) is 32.9 Å². The molecule has 10 nitrogen and oxygen atoms in total. The number of benzene rings is 1. The van der Waals surface area contributed by atoms with E-state index in [0.717, 1.165) is 15.7 Å². The first-order valence-electron chi connectivity index (χ1n) is 12.3. The largest absolute Gasteiger partial charge is 0.493 e. The Morgan fingerprint density at radius 1 is 1.19 bits per heavy atom. The highest BCUT2D eigenvalue weighted by molar-refractivity contribution is 7.15. The molecule has 0 radical (unpaired) electrons. The van der Waals surface area contributed by atoms with Crippen LogP contribution in [0.15, 0.2) is 18.2 Å². The van der Waals surface area contributed by atoms with Crippen molar-refractivity contribution < 1.29 is 29.6 Å². The molecule has 198 valence electrons. The standard InChI is InChI=1S/C25H36N4O6S/c1-14(2)22-26-27-24(36-22)28-9-17(10-28)35-21-8-16(6-7-20(21)34-5)18-11-29(23(33)19(32)12-30)13-25(18,4)15(3)31/h6-8,14-15,17-19,30-32H,9-13H2,1-5H3/t15-,18+,19?,25+/m1/s1. The fourth-order valence-corrected chi connectivity index (χ4v) is 5.68. The summed E-state index contributed by atoms with van der Waals surface area (Å²) in [4.78, 5) is 16.2. The summed E-state index contributed by atoms with van der Waals surface area (Å²) in [5, 5.41) is 40.2. The SMILES string of the molecule is COc1ccc([C@@H]2CN(C(=O)C(O)CO)C[C@@]2(C)[C@@H](C)O)cc1OC1CN(c2nnc(C(C)C)s2)C1. The lowest BCUT2D eigenvalue weighted by Crippen LogP contribution is -2.54. The van der Waals surface area contributed by atoms with Crippen LogP contribution in [0.2, 0.25) is 0 Å². The lowest BCUT2D eigenvalue weighted by molar-refractivity contribution is -0.141. The second kappa shape index (κ2) is 10.5.